The average molecular weight is 243 g/mol. The Balaban J connectivity index is 1.73. The number of piperidine rings is 1. The van der Waals surface area contributed by atoms with Gasteiger partial charge in [0.1, 0.15) is 5.82 Å². The molecule has 18 heavy (non-hydrogen) atoms. The second-order valence-electron chi connectivity index (χ2n) is 4.82. The summed E-state index contributed by atoms with van der Waals surface area (Å²) in [5, 5.41) is 0. The first-order valence-electron chi connectivity index (χ1n) is 6.54. The van der Waals surface area contributed by atoms with Crippen LogP contribution in [0.15, 0.2) is 24.3 Å². The van der Waals surface area contributed by atoms with Crippen LogP contribution in [0.2, 0.25) is 0 Å². The second-order valence-corrected chi connectivity index (χ2v) is 4.82. The molecule has 2 aromatic rings. The number of H-pyrrole nitrogens is 1. The van der Waals surface area contributed by atoms with Gasteiger partial charge in [-0.2, -0.15) is 0 Å². The topological polar surface area (TPSA) is 49.0 Å². The van der Waals surface area contributed by atoms with Crippen LogP contribution in [0.4, 0.5) is 0 Å². The van der Waals surface area contributed by atoms with Crippen molar-refractivity contribution in [2.75, 3.05) is 13.1 Å². The molecule has 1 aliphatic rings. The predicted octanol–water partition coefficient (Wildman–Crippen LogP) is 2.12. The number of benzene rings is 1. The molecule has 1 aromatic carbocycles. The monoisotopic (exact) mass is 243 g/mol. The first-order chi connectivity index (χ1) is 8.83. The summed E-state index contributed by atoms with van der Waals surface area (Å²) >= 11 is 0. The normalized spacial score (nSPS) is 16.1. The Morgan fingerprint density at radius 3 is 2.78 bits per heavy atom. The molecule has 0 bridgehead atoms. The number of aromatic amines is 1. The lowest BCUT2D eigenvalue weighted by molar-refractivity contribution is -0.131. The van der Waals surface area contributed by atoms with Crippen LogP contribution in [0.25, 0.3) is 11.0 Å². The number of fused-ring (bicyclic) bond motifs is 1. The maximum atomic E-state index is 12.1. The quantitative estimate of drug-likeness (QED) is 0.878. The molecule has 1 aromatic heterocycles. The Morgan fingerprint density at radius 1 is 1.22 bits per heavy atom. The van der Waals surface area contributed by atoms with Crippen molar-refractivity contribution in [3.05, 3.63) is 30.1 Å². The zero-order chi connectivity index (χ0) is 12.4. The van der Waals surface area contributed by atoms with E-state index in [9.17, 15) is 4.79 Å². The van der Waals surface area contributed by atoms with Gasteiger partial charge >= 0.3 is 0 Å². The van der Waals surface area contributed by atoms with Gasteiger partial charge in [-0.05, 0) is 31.4 Å². The lowest BCUT2D eigenvalue weighted by Gasteiger charge is -2.26. The molecule has 4 nitrogen and oxygen atoms in total. The number of carbonyl (C=O) groups is 1. The molecule has 0 saturated carbocycles. The van der Waals surface area contributed by atoms with E-state index in [1.54, 1.807) is 0 Å². The molecule has 3 rings (SSSR count). The third-order valence-corrected chi connectivity index (χ3v) is 3.47. The predicted molar refractivity (Wildman–Crippen MR) is 70.2 cm³/mol. The number of para-hydroxylation sites is 2. The highest BCUT2D eigenvalue weighted by Gasteiger charge is 2.17. The van der Waals surface area contributed by atoms with Crippen LogP contribution >= 0.6 is 0 Å². The van der Waals surface area contributed by atoms with Crippen molar-refractivity contribution in [2.24, 2.45) is 0 Å². The molecular weight excluding hydrogens is 226 g/mol. The maximum Gasteiger partial charge on any atom is 0.230 e. The first kappa shape index (κ1) is 11.3. The average Bonchev–Trinajstić information content (AvgIpc) is 2.82. The summed E-state index contributed by atoms with van der Waals surface area (Å²) in [5.74, 6) is 0.959. The van der Waals surface area contributed by atoms with Crippen molar-refractivity contribution in [3.63, 3.8) is 0 Å². The summed E-state index contributed by atoms with van der Waals surface area (Å²) in [6, 6.07) is 7.87. The molecule has 0 radical (unpaired) electrons. The third-order valence-electron chi connectivity index (χ3n) is 3.47. The van der Waals surface area contributed by atoms with E-state index in [0.717, 1.165) is 42.8 Å². The van der Waals surface area contributed by atoms with Gasteiger partial charge in [-0.3, -0.25) is 4.79 Å². The Labute approximate surface area is 106 Å². The van der Waals surface area contributed by atoms with Gasteiger partial charge in [0.05, 0.1) is 17.5 Å². The number of rotatable bonds is 2. The van der Waals surface area contributed by atoms with Crippen LogP contribution in [0.5, 0.6) is 0 Å². The number of hydrogen-bond donors (Lipinski definition) is 1. The van der Waals surface area contributed by atoms with Crippen molar-refractivity contribution >= 4 is 16.9 Å². The minimum absolute atomic E-state index is 0.189. The first-order valence-corrected chi connectivity index (χ1v) is 6.54. The number of aromatic nitrogens is 2. The highest BCUT2D eigenvalue weighted by Crippen LogP contribution is 2.13. The summed E-state index contributed by atoms with van der Waals surface area (Å²) in [6.45, 7) is 1.80. The Kier molecular flexibility index (Phi) is 3.00. The van der Waals surface area contributed by atoms with Crippen molar-refractivity contribution in [2.45, 2.75) is 25.7 Å². The molecule has 1 saturated heterocycles. The van der Waals surface area contributed by atoms with E-state index in [-0.39, 0.29) is 5.91 Å². The van der Waals surface area contributed by atoms with Crippen LogP contribution in [0, 0.1) is 0 Å². The number of likely N-dealkylation sites (tertiary alicyclic amines) is 1. The zero-order valence-corrected chi connectivity index (χ0v) is 10.4. The van der Waals surface area contributed by atoms with Gasteiger partial charge < -0.3 is 9.88 Å². The fourth-order valence-corrected chi connectivity index (χ4v) is 2.49. The van der Waals surface area contributed by atoms with Gasteiger partial charge in [0.15, 0.2) is 0 Å². The van der Waals surface area contributed by atoms with Crippen LogP contribution in [-0.4, -0.2) is 33.9 Å². The largest absolute Gasteiger partial charge is 0.342 e. The molecule has 94 valence electrons. The van der Waals surface area contributed by atoms with Gasteiger partial charge in [0.25, 0.3) is 0 Å². The summed E-state index contributed by atoms with van der Waals surface area (Å²) in [4.78, 5) is 21.7. The standard InChI is InChI=1S/C14H17N3O/c18-14(17-8-4-1-5-9-17)10-13-15-11-6-2-3-7-12(11)16-13/h2-3,6-7H,1,4-5,8-10H2,(H,15,16). The Morgan fingerprint density at radius 2 is 2.00 bits per heavy atom. The van der Waals surface area contributed by atoms with Crippen LogP contribution in [0.3, 0.4) is 0 Å². The lowest BCUT2D eigenvalue weighted by atomic mass is 10.1. The minimum Gasteiger partial charge on any atom is -0.342 e. The molecule has 0 aliphatic carbocycles. The summed E-state index contributed by atoms with van der Waals surface area (Å²) < 4.78 is 0. The van der Waals surface area contributed by atoms with Gasteiger partial charge in [0.2, 0.25) is 5.91 Å². The van der Waals surface area contributed by atoms with Crippen molar-refractivity contribution < 1.29 is 4.79 Å². The zero-order valence-electron chi connectivity index (χ0n) is 10.4. The van der Waals surface area contributed by atoms with Crippen molar-refractivity contribution in [3.8, 4) is 0 Å². The van der Waals surface area contributed by atoms with E-state index in [1.807, 2.05) is 29.2 Å². The van der Waals surface area contributed by atoms with E-state index >= 15 is 0 Å². The molecule has 1 amide bonds. The lowest BCUT2D eigenvalue weighted by Crippen LogP contribution is -2.36. The number of carbonyl (C=O) groups excluding carboxylic acids is 1. The van der Waals surface area contributed by atoms with E-state index in [1.165, 1.54) is 6.42 Å². The fourth-order valence-electron chi connectivity index (χ4n) is 2.49. The SMILES string of the molecule is O=C(Cc1nc2ccccc2[nH]1)N1CCCCC1. The molecule has 2 heterocycles. The smallest absolute Gasteiger partial charge is 0.230 e. The molecule has 4 heteroatoms. The van der Waals surface area contributed by atoms with E-state index < -0.39 is 0 Å². The van der Waals surface area contributed by atoms with Crippen LogP contribution < -0.4 is 0 Å². The molecule has 1 fully saturated rings. The maximum absolute atomic E-state index is 12.1. The van der Waals surface area contributed by atoms with Crippen molar-refractivity contribution in [1.29, 1.82) is 0 Å². The number of nitrogens with zero attached hydrogens (tertiary/aromatic N) is 2. The van der Waals surface area contributed by atoms with Crippen LogP contribution in [-0.2, 0) is 11.2 Å². The van der Waals surface area contributed by atoms with Gasteiger partial charge in [-0.15, -0.1) is 0 Å². The summed E-state index contributed by atoms with van der Waals surface area (Å²) in [5.41, 5.74) is 1.93. The number of nitrogens with one attached hydrogen (secondary N) is 1. The van der Waals surface area contributed by atoms with E-state index in [4.69, 9.17) is 0 Å². The molecule has 0 atom stereocenters. The van der Waals surface area contributed by atoms with E-state index in [0.29, 0.717) is 6.42 Å². The van der Waals surface area contributed by atoms with Crippen LogP contribution in [0.1, 0.15) is 25.1 Å². The summed E-state index contributed by atoms with van der Waals surface area (Å²) in [6.07, 6.45) is 3.89. The van der Waals surface area contributed by atoms with Gasteiger partial charge in [-0.25, -0.2) is 4.98 Å². The molecule has 1 aliphatic heterocycles. The molecule has 0 unspecified atom stereocenters. The second kappa shape index (κ2) is 4.80. The highest BCUT2D eigenvalue weighted by molar-refractivity contribution is 5.80. The third kappa shape index (κ3) is 2.23. The number of imidazole rings is 1. The fraction of sp³-hybridized carbons (Fsp3) is 0.429. The summed E-state index contributed by atoms with van der Waals surface area (Å²) in [7, 11) is 0. The van der Waals surface area contributed by atoms with Gasteiger partial charge in [0, 0.05) is 13.1 Å². The number of hydrogen-bond acceptors (Lipinski definition) is 2. The van der Waals surface area contributed by atoms with Crippen molar-refractivity contribution in [1.82, 2.24) is 14.9 Å². The number of amides is 1. The molecule has 1 N–H and O–H groups in total. The molecule has 0 spiro atoms. The van der Waals surface area contributed by atoms with E-state index in [2.05, 4.69) is 9.97 Å². The Bertz CT molecular complexity index is 522. The Hall–Kier alpha value is -1.84. The highest BCUT2D eigenvalue weighted by atomic mass is 16.2. The minimum atomic E-state index is 0.189. The van der Waals surface area contributed by atoms with Gasteiger partial charge in [-0.1, -0.05) is 12.1 Å². The molecular formula is C14H17N3O.